The molecule has 9 nitrogen and oxygen atoms in total. The summed E-state index contributed by atoms with van der Waals surface area (Å²) in [6.07, 6.45) is 3.13. The third-order valence-corrected chi connectivity index (χ3v) is 5.15. The van der Waals surface area contributed by atoms with Crippen LogP contribution in [0.5, 0.6) is 5.88 Å². The lowest BCUT2D eigenvalue weighted by atomic mass is 10.0. The van der Waals surface area contributed by atoms with Crippen LogP contribution < -0.4 is 15.4 Å². The number of anilines is 1. The van der Waals surface area contributed by atoms with Gasteiger partial charge in [0.15, 0.2) is 11.6 Å². The molecule has 0 radical (unpaired) electrons. The normalized spacial score (nSPS) is 14.1. The molecule has 31 heavy (non-hydrogen) atoms. The van der Waals surface area contributed by atoms with Crippen LogP contribution in [-0.4, -0.2) is 43.7 Å². The summed E-state index contributed by atoms with van der Waals surface area (Å²) in [6, 6.07) is 5.61. The Morgan fingerprint density at radius 2 is 1.94 bits per heavy atom. The van der Waals surface area contributed by atoms with Crippen LogP contribution in [0.15, 0.2) is 42.2 Å². The van der Waals surface area contributed by atoms with Gasteiger partial charge in [-0.25, -0.2) is 14.4 Å². The van der Waals surface area contributed by atoms with Crippen molar-refractivity contribution >= 4 is 17.3 Å². The Bertz CT molecular complexity index is 1120. The van der Waals surface area contributed by atoms with Gasteiger partial charge in [-0.15, -0.1) is 10.2 Å². The van der Waals surface area contributed by atoms with Gasteiger partial charge in [-0.05, 0) is 43.7 Å². The van der Waals surface area contributed by atoms with Crippen molar-refractivity contribution in [2.45, 2.75) is 26.9 Å². The molecule has 0 fully saturated rings. The summed E-state index contributed by atoms with van der Waals surface area (Å²) in [6.45, 7) is 5.42. The van der Waals surface area contributed by atoms with E-state index in [1.54, 1.807) is 6.20 Å². The summed E-state index contributed by atoms with van der Waals surface area (Å²) in [5.74, 6) is 2.14. The first-order chi connectivity index (χ1) is 14.9. The molecule has 0 spiro atoms. The van der Waals surface area contributed by atoms with Gasteiger partial charge in [0, 0.05) is 18.8 Å². The summed E-state index contributed by atoms with van der Waals surface area (Å²) in [5, 5.41) is 8.30. The second kappa shape index (κ2) is 8.50. The number of benzene rings is 1. The molecule has 2 N–H and O–H groups in total. The minimum atomic E-state index is -0.378. The van der Waals surface area contributed by atoms with E-state index < -0.39 is 0 Å². The van der Waals surface area contributed by atoms with Crippen LogP contribution in [0.2, 0.25) is 0 Å². The van der Waals surface area contributed by atoms with Crippen LogP contribution in [0.1, 0.15) is 24.1 Å². The molecule has 1 aromatic carbocycles. The maximum absolute atomic E-state index is 13.1. The number of hydrogen-bond acceptors (Lipinski definition) is 8. The van der Waals surface area contributed by atoms with Crippen LogP contribution in [0.25, 0.3) is 5.70 Å². The highest BCUT2D eigenvalue weighted by Crippen LogP contribution is 2.20. The van der Waals surface area contributed by atoms with Gasteiger partial charge in [-0.2, -0.15) is 0 Å². The zero-order valence-electron chi connectivity index (χ0n) is 17.2. The van der Waals surface area contributed by atoms with Gasteiger partial charge in [-0.1, -0.05) is 0 Å². The fourth-order valence-electron chi connectivity index (χ4n) is 3.36. The monoisotopic (exact) mass is 423 g/mol. The molecule has 10 heteroatoms. The highest BCUT2D eigenvalue weighted by Gasteiger charge is 2.21. The van der Waals surface area contributed by atoms with Crippen molar-refractivity contribution in [2.24, 2.45) is 5.73 Å². The Labute approximate surface area is 178 Å². The zero-order valence-corrected chi connectivity index (χ0v) is 17.2. The number of rotatable bonds is 6. The maximum atomic E-state index is 13.1. The third kappa shape index (κ3) is 4.37. The van der Waals surface area contributed by atoms with Gasteiger partial charge < -0.3 is 19.9 Å². The number of aromatic nitrogens is 5. The number of ketones is 1. The summed E-state index contributed by atoms with van der Waals surface area (Å²) in [7, 11) is 0. The van der Waals surface area contributed by atoms with Crippen molar-refractivity contribution < 1.29 is 13.9 Å². The zero-order chi connectivity index (χ0) is 22.0. The number of aryl methyl sites for hydroxylation is 1. The lowest BCUT2D eigenvalue weighted by molar-refractivity contribution is -0.113. The van der Waals surface area contributed by atoms with E-state index in [1.165, 1.54) is 37.4 Å². The van der Waals surface area contributed by atoms with E-state index in [2.05, 4.69) is 29.6 Å². The fraction of sp³-hybridized carbons (Fsp3) is 0.286. The number of carbonyl (C=O) groups excluding carboxylic acids is 1. The number of hydrogen-bond donors (Lipinski definition) is 1. The highest BCUT2D eigenvalue weighted by atomic mass is 19.1. The predicted molar refractivity (Wildman–Crippen MR) is 112 cm³/mol. The third-order valence-electron chi connectivity index (χ3n) is 5.15. The van der Waals surface area contributed by atoms with E-state index >= 15 is 0 Å². The average Bonchev–Trinajstić information content (AvgIpc) is 3.14. The molecule has 0 saturated carbocycles. The van der Waals surface area contributed by atoms with E-state index in [0.29, 0.717) is 17.9 Å². The molecule has 0 saturated heterocycles. The Morgan fingerprint density at radius 1 is 1.16 bits per heavy atom. The largest absolute Gasteiger partial charge is 0.471 e. The molecule has 1 aliphatic rings. The standard InChI is InChI=1S/C21H22FN7O2/c1-13(30)17(21(23)15-3-5-16(22)6-4-15)12-31-20-10-24-18(9-25-20)28-7-8-29-14(2)26-27-19(29)11-28/h3-6,9-10H,7-8,11-12,23H2,1-2H3/b21-17-. The molecule has 1 aliphatic heterocycles. The number of ether oxygens (including phenoxy) is 1. The van der Waals surface area contributed by atoms with Crippen molar-refractivity contribution in [3.63, 3.8) is 0 Å². The lowest BCUT2D eigenvalue weighted by Gasteiger charge is -2.28. The fourth-order valence-corrected chi connectivity index (χ4v) is 3.36. The quantitative estimate of drug-likeness (QED) is 0.598. The second-order valence-corrected chi connectivity index (χ2v) is 7.19. The number of nitrogens with two attached hydrogens (primary N) is 1. The first-order valence-corrected chi connectivity index (χ1v) is 9.76. The summed E-state index contributed by atoms with van der Waals surface area (Å²) in [5.41, 5.74) is 7.18. The molecule has 0 unspecified atom stereocenters. The summed E-state index contributed by atoms with van der Waals surface area (Å²) < 4.78 is 20.9. The molecule has 0 aliphatic carbocycles. The Hall–Kier alpha value is -3.82. The molecule has 2 aromatic heterocycles. The van der Waals surface area contributed by atoms with Gasteiger partial charge in [0.25, 0.3) is 0 Å². The SMILES string of the molecule is CC(=O)/C(COc1cnc(N2CCn3c(C)nnc3C2)cn1)=C(\N)c1ccc(F)cc1. The molecular formula is C21H22FN7O2. The first-order valence-electron chi connectivity index (χ1n) is 9.76. The van der Waals surface area contributed by atoms with Crippen LogP contribution in [-0.2, 0) is 17.9 Å². The molecule has 3 aromatic rings. The van der Waals surface area contributed by atoms with Gasteiger partial charge in [-0.3, -0.25) is 4.79 Å². The number of halogens is 1. The predicted octanol–water partition coefficient (Wildman–Crippen LogP) is 1.87. The van der Waals surface area contributed by atoms with Gasteiger partial charge in [0.05, 0.1) is 24.5 Å². The summed E-state index contributed by atoms with van der Waals surface area (Å²) >= 11 is 0. The van der Waals surface area contributed by atoms with Crippen LogP contribution >= 0.6 is 0 Å². The molecule has 0 bridgehead atoms. The summed E-state index contributed by atoms with van der Waals surface area (Å²) in [4.78, 5) is 22.8. The van der Waals surface area contributed by atoms with Crippen molar-refractivity contribution in [1.82, 2.24) is 24.7 Å². The van der Waals surface area contributed by atoms with Crippen LogP contribution in [0.3, 0.4) is 0 Å². The lowest BCUT2D eigenvalue weighted by Crippen LogP contribution is -2.34. The number of fused-ring (bicyclic) bond motifs is 1. The minimum absolute atomic E-state index is 0.0708. The molecule has 0 atom stereocenters. The minimum Gasteiger partial charge on any atom is -0.471 e. The Kier molecular flexibility index (Phi) is 5.61. The average molecular weight is 423 g/mol. The van der Waals surface area contributed by atoms with Crippen molar-refractivity contribution in [2.75, 3.05) is 18.1 Å². The Balaban J connectivity index is 1.44. The molecule has 160 valence electrons. The van der Waals surface area contributed by atoms with Crippen LogP contribution in [0, 0.1) is 12.7 Å². The highest BCUT2D eigenvalue weighted by molar-refractivity contribution is 6.00. The molecule has 4 rings (SSSR count). The molecular weight excluding hydrogens is 401 g/mol. The number of carbonyl (C=O) groups is 1. The second-order valence-electron chi connectivity index (χ2n) is 7.19. The van der Waals surface area contributed by atoms with E-state index in [0.717, 1.165) is 24.7 Å². The van der Waals surface area contributed by atoms with Gasteiger partial charge in [0.2, 0.25) is 5.88 Å². The van der Waals surface area contributed by atoms with E-state index in [-0.39, 0.29) is 35.4 Å². The van der Waals surface area contributed by atoms with E-state index in [4.69, 9.17) is 10.5 Å². The van der Waals surface area contributed by atoms with Crippen molar-refractivity contribution in [1.29, 1.82) is 0 Å². The Morgan fingerprint density at radius 3 is 2.61 bits per heavy atom. The smallest absolute Gasteiger partial charge is 0.232 e. The first kappa shape index (κ1) is 20.5. The molecule has 0 amide bonds. The van der Waals surface area contributed by atoms with Crippen molar-refractivity contribution in [3.05, 3.63) is 65.3 Å². The van der Waals surface area contributed by atoms with E-state index in [1.807, 2.05) is 6.92 Å². The number of nitrogens with zero attached hydrogens (tertiary/aromatic N) is 6. The van der Waals surface area contributed by atoms with Crippen molar-refractivity contribution in [3.8, 4) is 5.88 Å². The van der Waals surface area contributed by atoms with Gasteiger partial charge >= 0.3 is 0 Å². The topological polar surface area (TPSA) is 112 Å². The maximum Gasteiger partial charge on any atom is 0.232 e. The number of Topliss-reactive ketones (excluding diaryl/α,β-unsaturated/α-hetero) is 1. The van der Waals surface area contributed by atoms with Gasteiger partial charge in [0.1, 0.15) is 24.1 Å². The van der Waals surface area contributed by atoms with E-state index in [9.17, 15) is 9.18 Å². The van der Waals surface area contributed by atoms with Crippen LogP contribution in [0.4, 0.5) is 10.2 Å². The molecule has 3 heterocycles.